The minimum atomic E-state index is -1.46. The molecule has 0 aromatic heterocycles. The molecule has 3 heterocycles. The minimum Gasteiger partial charge on any atom is -0.454 e. The van der Waals surface area contributed by atoms with Gasteiger partial charge in [-0.15, -0.1) is 6.58 Å². The van der Waals surface area contributed by atoms with Gasteiger partial charge in [0.15, 0.2) is 25.0 Å². The molecule has 480 valence electrons. The summed E-state index contributed by atoms with van der Waals surface area (Å²) >= 11 is 0. The maximum atomic E-state index is 14.6. The topological polar surface area (TPSA) is 163 Å². The summed E-state index contributed by atoms with van der Waals surface area (Å²) in [5.74, 6) is -0.922. The van der Waals surface area contributed by atoms with Gasteiger partial charge in [-0.3, -0.25) is 4.79 Å². The molecule has 3 aliphatic rings. The molecule has 7 aromatic rings. The third-order valence-corrected chi connectivity index (χ3v) is 16.1. The van der Waals surface area contributed by atoms with Crippen molar-refractivity contribution in [2.45, 2.75) is 172 Å². The van der Waals surface area contributed by atoms with E-state index in [-0.39, 0.29) is 78.1 Å². The number of rotatable bonds is 33. The Balaban J connectivity index is 1.08. The molecule has 0 saturated carbocycles. The van der Waals surface area contributed by atoms with Gasteiger partial charge in [-0.2, -0.15) is 0 Å². The molecule has 16 nitrogen and oxygen atoms in total. The SMILES string of the molecule is C=CCO[C@@H]1O[C@@H](C)[C@H](OCc2ccccc2)[C@@H](OCc2ccccc2)[C@H]1O[C@@H]1O[C@@H](C)[C@H](OCc2ccccc2)[C@@H](O[C@@H]2O[C@H](COCc3ccccc3)[C@@H](OCc3ccccc3)[C@H](OCc3ccccc3)[C@H]2OCc2ccccc2)[C@H]1OC(=O)CCC(C)=O. The van der Waals surface area contributed by atoms with Gasteiger partial charge in [0.25, 0.3) is 0 Å². The summed E-state index contributed by atoms with van der Waals surface area (Å²) in [6.07, 6.45) is -14.2. The fourth-order valence-electron chi connectivity index (χ4n) is 11.4. The Labute approximate surface area is 534 Å². The number of ether oxygens (including phenoxy) is 14. The van der Waals surface area contributed by atoms with E-state index in [4.69, 9.17) is 66.3 Å². The summed E-state index contributed by atoms with van der Waals surface area (Å²) in [7, 11) is 0. The van der Waals surface area contributed by atoms with E-state index in [1.165, 1.54) is 6.92 Å². The quantitative estimate of drug-likeness (QED) is 0.0282. The van der Waals surface area contributed by atoms with Crippen LogP contribution in [0.2, 0.25) is 0 Å². The third-order valence-electron chi connectivity index (χ3n) is 16.1. The van der Waals surface area contributed by atoms with Crippen molar-refractivity contribution in [2.24, 2.45) is 0 Å². The molecule has 3 saturated heterocycles. The number of ketones is 1. The first-order chi connectivity index (χ1) is 44.6. The van der Waals surface area contributed by atoms with Gasteiger partial charge in [0.05, 0.1) is 78.1 Å². The molecule has 0 N–H and O–H groups in total. The normalized spacial score (nSPS) is 26.6. The zero-order chi connectivity index (χ0) is 63.0. The zero-order valence-electron chi connectivity index (χ0n) is 52.0. The van der Waals surface area contributed by atoms with Crippen LogP contribution in [0.5, 0.6) is 0 Å². The lowest BCUT2D eigenvalue weighted by Gasteiger charge is -2.51. The Morgan fingerprint density at radius 3 is 1.13 bits per heavy atom. The number of carbonyl (C=O) groups excluding carboxylic acids is 2. The fourth-order valence-corrected chi connectivity index (χ4v) is 11.4. The predicted octanol–water partition coefficient (Wildman–Crippen LogP) is 12.2. The van der Waals surface area contributed by atoms with Gasteiger partial charge >= 0.3 is 5.97 Å². The molecular weight excluding hydrogens is 1160 g/mol. The molecule has 0 amide bonds. The number of esters is 1. The first kappa shape index (κ1) is 66.8. The molecule has 3 fully saturated rings. The van der Waals surface area contributed by atoms with Gasteiger partial charge < -0.3 is 71.1 Å². The van der Waals surface area contributed by atoms with Crippen LogP contribution in [0, 0.1) is 0 Å². The summed E-state index contributed by atoms with van der Waals surface area (Å²) in [4.78, 5) is 27.2. The van der Waals surface area contributed by atoms with Crippen LogP contribution >= 0.6 is 0 Å². The molecule has 15 atom stereocenters. The Bertz CT molecular complexity index is 3210. The summed E-state index contributed by atoms with van der Waals surface area (Å²) < 4.78 is 97.8. The monoisotopic (exact) mass is 1240 g/mol. The first-order valence-electron chi connectivity index (χ1n) is 31.4. The van der Waals surface area contributed by atoms with Gasteiger partial charge in [0, 0.05) is 6.42 Å². The number of hydrogen-bond acceptors (Lipinski definition) is 16. The van der Waals surface area contributed by atoms with Crippen molar-refractivity contribution in [2.75, 3.05) is 13.2 Å². The highest BCUT2D eigenvalue weighted by molar-refractivity contribution is 5.81. The smallest absolute Gasteiger partial charge is 0.306 e. The molecule has 0 unspecified atom stereocenters. The van der Waals surface area contributed by atoms with E-state index in [2.05, 4.69) is 6.58 Å². The summed E-state index contributed by atoms with van der Waals surface area (Å²) in [6, 6.07) is 68.7. The molecule has 0 radical (unpaired) electrons. The second-order valence-corrected chi connectivity index (χ2v) is 23.0. The van der Waals surface area contributed by atoms with Crippen molar-refractivity contribution in [1.82, 2.24) is 0 Å². The van der Waals surface area contributed by atoms with E-state index in [1.807, 2.05) is 226 Å². The standard InChI is InChI=1S/C75H84O16/c1-5-43-79-73-71(67(83-48-59-35-21-10-22-36-59)64(53(3)86-73)80-45-56-29-15-7-16-30-56)91-75-72(89-63(77)42-41-52(2)76)69(65(54(4)87-75)81-46-57-31-17-8-18-32-57)90-74-70(85-50-61-39-25-12-26-40-61)68(84-49-60-37-23-11-24-38-60)66(82-47-58-33-19-9-20-34-58)62(88-74)51-78-44-55-27-13-6-14-28-55/h5-40,53-54,62,64-75H,1,41-51H2,2-4H3/t53-,54-,62+,64-,65-,66+,67+,68-,69+,70+,71+,72+,73+,74-,75-/m0/s1. The highest BCUT2D eigenvalue weighted by Gasteiger charge is 2.57. The van der Waals surface area contributed by atoms with Crippen LogP contribution in [0.1, 0.15) is 72.6 Å². The summed E-state index contributed by atoms with van der Waals surface area (Å²) in [5.41, 5.74) is 6.37. The van der Waals surface area contributed by atoms with Crippen molar-refractivity contribution in [3.8, 4) is 0 Å². The van der Waals surface area contributed by atoms with E-state index in [1.54, 1.807) is 6.08 Å². The molecular formula is C75H84O16. The van der Waals surface area contributed by atoms with Crippen LogP contribution in [0.4, 0.5) is 0 Å². The third kappa shape index (κ3) is 19.7. The van der Waals surface area contributed by atoms with Crippen molar-refractivity contribution in [1.29, 1.82) is 0 Å². The van der Waals surface area contributed by atoms with Crippen LogP contribution in [-0.4, -0.2) is 117 Å². The number of Topliss-reactive ketones (excluding diaryl/α,β-unsaturated/α-hetero) is 1. The summed E-state index contributed by atoms with van der Waals surface area (Å²) in [6.45, 7) is 10.5. The molecule has 0 spiro atoms. The maximum absolute atomic E-state index is 14.6. The Morgan fingerprint density at radius 1 is 0.374 bits per heavy atom. The molecule has 3 aliphatic heterocycles. The van der Waals surface area contributed by atoms with E-state index in [9.17, 15) is 9.59 Å². The highest BCUT2D eigenvalue weighted by atomic mass is 16.8. The maximum Gasteiger partial charge on any atom is 0.306 e. The predicted molar refractivity (Wildman–Crippen MR) is 339 cm³/mol. The molecule has 91 heavy (non-hydrogen) atoms. The largest absolute Gasteiger partial charge is 0.454 e. The van der Waals surface area contributed by atoms with Crippen LogP contribution in [-0.2, 0) is 122 Å². The van der Waals surface area contributed by atoms with Gasteiger partial charge in [-0.05, 0) is 59.7 Å². The number of benzene rings is 7. The fraction of sp³-hybridized carbons (Fsp3) is 0.387. The van der Waals surface area contributed by atoms with E-state index < -0.39 is 98.1 Å². The lowest BCUT2D eigenvalue weighted by Crippen LogP contribution is -2.67. The van der Waals surface area contributed by atoms with E-state index in [0.717, 1.165) is 38.9 Å². The van der Waals surface area contributed by atoms with Crippen molar-refractivity contribution >= 4 is 11.8 Å². The first-order valence-corrected chi connectivity index (χ1v) is 31.4. The molecule has 16 heteroatoms. The number of hydrogen-bond donors (Lipinski definition) is 0. The lowest BCUT2D eigenvalue weighted by molar-refractivity contribution is -0.392. The van der Waals surface area contributed by atoms with Gasteiger partial charge in [0.2, 0.25) is 0 Å². The molecule has 10 rings (SSSR count). The average molecular weight is 1240 g/mol. The van der Waals surface area contributed by atoms with Crippen molar-refractivity contribution in [3.05, 3.63) is 264 Å². The lowest BCUT2D eigenvalue weighted by atomic mass is 9.95. The Hall–Kier alpha value is -7.10. The van der Waals surface area contributed by atoms with E-state index in [0.29, 0.717) is 0 Å². The minimum absolute atomic E-state index is 0.0300. The van der Waals surface area contributed by atoms with E-state index >= 15 is 0 Å². The molecule has 0 bridgehead atoms. The van der Waals surface area contributed by atoms with Gasteiger partial charge in [-0.25, -0.2) is 0 Å². The van der Waals surface area contributed by atoms with Crippen LogP contribution in [0.15, 0.2) is 225 Å². The summed E-state index contributed by atoms with van der Waals surface area (Å²) in [5, 5.41) is 0. The van der Waals surface area contributed by atoms with Gasteiger partial charge in [-0.1, -0.05) is 218 Å². The second-order valence-electron chi connectivity index (χ2n) is 23.0. The van der Waals surface area contributed by atoms with Crippen LogP contribution in [0.3, 0.4) is 0 Å². The second kappa shape index (κ2) is 35.1. The Kier molecular flexibility index (Phi) is 25.8. The highest BCUT2D eigenvalue weighted by Crippen LogP contribution is 2.39. The van der Waals surface area contributed by atoms with Gasteiger partial charge in [0.1, 0.15) is 60.7 Å². The average Bonchev–Trinajstić information content (AvgIpc) is 0.829. The molecule has 7 aromatic carbocycles. The number of carbonyl (C=O) groups is 2. The zero-order valence-corrected chi connectivity index (χ0v) is 52.0. The van der Waals surface area contributed by atoms with Crippen LogP contribution in [0.25, 0.3) is 0 Å². The molecule has 0 aliphatic carbocycles. The van der Waals surface area contributed by atoms with Crippen LogP contribution < -0.4 is 0 Å². The van der Waals surface area contributed by atoms with Crippen molar-refractivity contribution < 1.29 is 75.9 Å². The Morgan fingerprint density at radius 2 is 0.714 bits per heavy atom. The van der Waals surface area contributed by atoms with Crippen molar-refractivity contribution in [3.63, 3.8) is 0 Å².